The number of imide groups is 1. The minimum Gasteiger partial charge on any atom is -0.492 e. The van der Waals surface area contributed by atoms with Gasteiger partial charge >= 0.3 is 6.18 Å². The molecule has 3 N–H and O–H groups in total. The highest BCUT2D eigenvalue weighted by Crippen LogP contribution is 2.44. The van der Waals surface area contributed by atoms with E-state index in [1.54, 1.807) is 49.1 Å². The van der Waals surface area contributed by atoms with Crippen LogP contribution >= 0.6 is 23.8 Å². The highest BCUT2D eigenvalue weighted by atomic mass is 35.5. The topological polar surface area (TPSA) is 150 Å². The van der Waals surface area contributed by atoms with Gasteiger partial charge in [-0.1, -0.05) is 30.7 Å². The van der Waals surface area contributed by atoms with Crippen molar-refractivity contribution in [2.24, 2.45) is 0 Å². The molecule has 3 aromatic rings. The molecule has 2 saturated heterocycles. The lowest BCUT2D eigenvalue weighted by Crippen LogP contribution is -2.57. The molecule has 6 rings (SSSR count). The molecule has 324 valence electrons. The van der Waals surface area contributed by atoms with Crippen molar-refractivity contribution in [3.63, 3.8) is 0 Å². The molecule has 1 aliphatic carbocycles. The predicted octanol–water partition coefficient (Wildman–Crippen LogP) is 6.38. The van der Waals surface area contributed by atoms with Crippen LogP contribution in [0.3, 0.4) is 0 Å². The molecule has 18 heteroatoms. The summed E-state index contributed by atoms with van der Waals surface area (Å²) in [6.07, 6.45) is -1.62. The predicted molar refractivity (Wildman–Crippen MR) is 231 cm³/mol. The lowest BCUT2D eigenvalue weighted by molar-refractivity contribution is -0.138. The van der Waals surface area contributed by atoms with Crippen LogP contribution in [-0.4, -0.2) is 102 Å². The summed E-state index contributed by atoms with van der Waals surface area (Å²) in [6, 6.07) is 14.7. The second-order valence-corrected chi connectivity index (χ2v) is 16.7. The number of halogens is 4. The van der Waals surface area contributed by atoms with Gasteiger partial charge in [-0.3, -0.25) is 34.3 Å². The molecule has 13 nitrogen and oxygen atoms in total. The Morgan fingerprint density at radius 3 is 2.46 bits per heavy atom. The SMILES string of the molecule is CCc1cc(N(C=S)C(C)(C)C(=O)N(C)c2ccc(C#N)c(C(F)(F)F)c2)ccc1OCCN1CCN(CC(=O)Nc2cc(Cl)cc(NC3CCC(=O)NC3=O)c2)C2(CC2)C1. The first-order valence-corrected chi connectivity index (χ1v) is 20.8. The van der Waals surface area contributed by atoms with Crippen LogP contribution in [0.1, 0.15) is 63.1 Å². The van der Waals surface area contributed by atoms with E-state index in [-0.39, 0.29) is 36.0 Å². The maximum Gasteiger partial charge on any atom is 0.417 e. The van der Waals surface area contributed by atoms with Crippen molar-refractivity contribution in [3.8, 4) is 11.8 Å². The van der Waals surface area contributed by atoms with Crippen molar-refractivity contribution in [1.82, 2.24) is 15.1 Å². The van der Waals surface area contributed by atoms with Gasteiger partial charge in [-0.25, -0.2) is 0 Å². The van der Waals surface area contributed by atoms with Gasteiger partial charge in [0.05, 0.1) is 29.2 Å². The average Bonchev–Trinajstić information content (AvgIpc) is 3.98. The van der Waals surface area contributed by atoms with Gasteiger partial charge in [-0.2, -0.15) is 18.4 Å². The van der Waals surface area contributed by atoms with Crippen LogP contribution in [-0.2, 0) is 31.8 Å². The molecule has 1 spiro atoms. The summed E-state index contributed by atoms with van der Waals surface area (Å²) in [5.41, 5.74) is 0.810. The first kappa shape index (κ1) is 45.3. The number of nitrogens with zero attached hydrogens (tertiary/aromatic N) is 5. The average molecular weight is 881 g/mol. The number of nitriles is 1. The number of hydrogen-bond acceptors (Lipinski definition) is 10. The molecular weight excluding hydrogens is 833 g/mol. The number of ether oxygens (including phenoxy) is 1. The van der Waals surface area contributed by atoms with Gasteiger partial charge in [-0.05, 0) is 99.7 Å². The molecule has 3 fully saturated rings. The number of carbonyl (C=O) groups excluding carboxylic acids is 4. The number of carbonyl (C=O) groups is 4. The zero-order valence-electron chi connectivity index (χ0n) is 34.3. The number of alkyl halides is 3. The monoisotopic (exact) mass is 880 g/mol. The summed E-state index contributed by atoms with van der Waals surface area (Å²) >= 11 is 11.7. The zero-order valence-corrected chi connectivity index (χ0v) is 35.9. The first-order valence-electron chi connectivity index (χ1n) is 20.0. The number of anilines is 4. The van der Waals surface area contributed by atoms with Crippen LogP contribution in [0.5, 0.6) is 5.75 Å². The number of benzene rings is 3. The zero-order chi connectivity index (χ0) is 44.3. The maximum absolute atomic E-state index is 13.9. The Hall–Kier alpha value is -5.28. The van der Waals surface area contributed by atoms with Crippen molar-refractivity contribution in [2.75, 3.05) is 66.8 Å². The molecule has 1 unspecified atom stereocenters. The summed E-state index contributed by atoms with van der Waals surface area (Å²) in [6.45, 7) is 8.80. The Labute approximate surface area is 363 Å². The van der Waals surface area contributed by atoms with Crippen LogP contribution in [0.4, 0.5) is 35.9 Å². The Balaban J connectivity index is 1.02. The summed E-state index contributed by atoms with van der Waals surface area (Å²) in [7, 11) is 1.38. The minimum atomic E-state index is -4.77. The molecule has 0 radical (unpaired) electrons. The number of aryl methyl sites for hydroxylation is 1. The number of thiocarbonyl (C=S) groups is 1. The molecule has 3 aliphatic rings. The highest BCUT2D eigenvalue weighted by Gasteiger charge is 2.51. The Bertz CT molecular complexity index is 2250. The van der Waals surface area contributed by atoms with Gasteiger partial charge in [0.1, 0.15) is 23.9 Å². The normalized spacial score (nSPS) is 17.9. The van der Waals surface area contributed by atoms with Crippen LogP contribution in [0.25, 0.3) is 0 Å². The third-order valence-electron chi connectivity index (χ3n) is 11.5. The van der Waals surface area contributed by atoms with Gasteiger partial charge in [0.15, 0.2) is 0 Å². The van der Waals surface area contributed by atoms with Crippen molar-refractivity contribution >= 4 is 75.7 Å². The van der Waals surface area contributed by atoms with E-state index in [9.17, 15) is 37.6 Å². The second-order valence-electron chi connectivity index (χ2n) is 16.1. The van der Waals surface area contributed by atoms with Gasteiger partial charge in [0, 0.05) is 73.0 Å². The molecular formula is C43H48ClF3N8O5S. The van der Waals surface area contributed by atoms with Crippen LogP contribution in [0.15, 0.2) is 54.6 Å². The Morgan fingerprint density at radius 2 is 1.80 bits per heavy atom. The van der Waals surface area contributed by atoms with Crippen LogP contribution in [0.2, 0.25) is 5.02 Å². The lowest BCUT2D eigenvalue weighted by atomic mass is 9.98. The van der Waals surface area contributed by atoms with E-state index in [2.05, 4.69) is 25.8 Å². The lowest BCUT2D eigenvalue weighted by Gasteiger charge is -2.41. The smallest absolute Gasteiger partial charge is 0.417 e. The third kappa shape index (κ3) is 10.4. The Kier molecular flexibility index (Phi) is 13.6. The van der Waals surface area contributed by atoms with E-state index < -0.39 is 40.7 Å². The molecule has 1 atom stereocenters. The van der Waals surface area contributed by atoms with E-state index in [0.29, 0.717) is 60.4 Å². The van der Waals surface area contributed by atoms with Gasteiger partial charge in [0.25, 0.3) is 5.91 Å². The standard InChI is InChI=1S/C43H48ClF3N8O5S/c1-5-27-18-33(55(26-61)41(2,3)40(59)52(4)32-7-6-28(23-48)34(22-32)43(45,46)47)8-10-36(27)60-17-16-53-14-15-54(42(25-53)12-13-42)24-38(57)50-31-20-29(44)19-30(21-31)49-35-9-11-37(56)51-39(35)58/h6-8,10,18-22,26,35,49H,5,9,11-17,24-25H2,1-4H3,(H,50,57)(H,51,56,58). The summed E-state index contributed by atoms with van der Waals surface area (Å²) in [4.78, 5) is 58.2. The maximum atomic E-state index is 13.9. The van der Waals surface area contributed by atoms with Crippen molar-refractivity contribution in [1.29, 1.82) is 5.26 Å². The second kappa shape index (κ2) is 18.4. The largest absolute Gasteiger partial charge is 0.492 e. The fraction of sp³-hybridized carbons (Fsp3) is 0.442. The van der Waals surface area contributed by atoms with Gasteiger partial charge < -0.3 is 25.2 Å². The number of piperidine rings is 1. The fourth-order valence-corrected chi connectivity index (χ4v) is 8.56. The minimum absolute atomic E-state index is 0.0157. The number of piperazine rings is 1. The van der Waals surface area contributed by atoms with E-state index in [4.69, 9.17) is 28.6 Å². The highest BCUT2D eigenvalue weighted by molar-refractivity contribution is 7.79. The van der Waals surface area contributed by atoms with Gasteiger partial charge in [0.2, 0.25) is 17.7 Å². The van der Waals surface area contributed by atoms with Crippen LogP contribution in [0, 0.1) is 11.3 Å². The summed E-state index contributed by atoms with van der Waals surface area (Å²) < 4.78 is 47.4. The number of amides is 4. The number of likely N-dealkylation sites (N-methyl/N-ethyl adjacent to an activating group) is 1. The number of hydrogen-bond donors (Lipinski definition) is 3. The quantitative estimate of drug-likeness (QED) is 0.115. The van der Waals surface area contributed by atoms with Crippen molar-refractivity contribution < 1.29 is 37.1 Å². The molecule has 4 amide bonds. The van der Waals surface area contributed by atoms with Crippen molar-refractivity contribution in [3.05, 3.63) is 76.3 Å². The van der Waals surface area contributed by atoms with E-state index in [1.807, 2.05) is 19.1 Å². The molecule has 1 saturated carbocycles. The van der Waals surface area contributed by atoms with Gasteiger partial charge in [-0.15, -0.1) is 0 Å². The first-order chi connectivity index (χ1) is 28.9. The van der Waals surface area contributed by atoms with E-state index in [1.165, 1.54) is 18.6 Å². The van der Waals surface area contributed by atoms with E-state index in [0.717, 1.165) is 48.5 Å². The third-order valence-corrected chi connectivity index (χ3v) is 11.9. The summed E-state index contributed by atoms with van der Waals surface area (Å²) in [5.74, 6) is -0.719. The molecule has 0 aromatic heterocycles. The molecule has 0 bridgehead atoms. The summed E-state index contributed by atoms with van der Waals surface area (Å²) in [5, 5.41) is 18.0. The molecule has 3 aromatic carbocycles. The number of nitrogens with one attached hydrogen (secondary N) is 3. The molecule has 2 aliphatic heterocycles. The van der Waals surface area contributed by atoms with Crippen molar-refractivity contribution in [2.45, 2.75) is 76.2 Å². The molecule has 61 heavy (non-hydrogen) atoms. The molecule has 2 heterocycles. The Morgan fingerprint density at radius 1 is 1.08 bits per heavy atom. The fourth-order valence-electron chi connectivity index (χ4n) is 7.94. The number of rotatable bonds is 15. The van der Waals surface area contributed by atoms with Crippen LogP contribution < -0.4 is 30.5 Å². The van der Waals surface area contributed by atoms with E-state index >= 15 is 0 Å².